The molecule has 1 fully saturated rings. The van der Waals surface area contributed by atoms with Crippen LogP contribution in [0.3, 0.4) is 0 Å². The number of nitrogens with one attached hydrogen (secondary N) is 1. The minimum absolute atomic E-state index is 0.0854. The number of benzene rings is 1. The number of aliphatic carboxylic acids is 1. The lowest BCUT2D eigenvalue weighted by molar-refractivity contribution is -0.147. The van der Waals surface area contributed by atoms with Gasteiger partial charge in [-0.1, -0.05) is 12.1 Å². The van der Waals surface area contributed by atoms with Gasteiger partial charge in [-0.3, -0.25) is 24.6 Å². The molecular weight excluding hydrogens is 420 g/mol. The maximum atomic E-state index is 12.8. The van der Waals surface area contributed by atoms with E-state index in [-0.39, 0.29) is 24.9 Å². The average molecular weight is 451 g/mol. The van der Waals surface area contributed by atoms with Crippen LogP contribution < -0.4 is 15.0 Å². The van der Waals surface area contributed by atoms with Crippen molar-refractivity contribution < 1.29 is 29.0 Å². The first-order chi connectivity index (χ1) is 15.0. The van der Waals surface area contributed by atoms with Crippen molar-refractivity contribution in [2.24, 2.45) is 5.92 Å². The number of hydrogen-bond acceptors (Lipinski definition) is 7. The highest BCUT2D eigenvalue weighted by Gasteiger charge is 2.33. The van der Waals surface area contributed by atoms with Gasteiger partial charge in [0, 0.05) is 0 Å². The maximum Gasteiger partial charge on any atom is 0.323 e. The van der Waals surface area contributed by atoms with Crippen molar-refractivity contribution in [2.45, 2.75) is 51.3 Å². The Kier molecular flexibility index (Phi) is 8.60. The van der Waals surface area contributed by atoms with Crippen LogP contribution in [0.1, 0.15) is 39.0 Å². The van der Waals surface area contributed by atoms with E-state index in [1.54, 1.807) is 31.2 Å². The highest BCUT2D eigenvalue weighted by molar-refractivity contribution is 7.99. The molecule has 3 rings (SSSR count). The largest absolute Gasteiger partial charge is 0.480 e. The van der Waals surface area contributed by atoms with Gasteiger partial charge in [-0.2, -0.15) is 11.8 Å². The Labute approximate surface area is 186 Å². The topological polar surface area (TPSA) is 105 Å². The molecule has 31 heavy (non-hydrogen) atoms. The molecule has 0 bridgehead atoms. The zero-order valence-corrected chi connectivity index (χ0v) is 18.6. The number of thioether (sulfide) groups is 1. The number of carbonyl (C=O) groups excluding carboxylic acids is 2. The third-order valence-corrected chi connectivity index (χ3v) is 6.59. The third kappa shape index (κ3) is 6.61. The summed E-state index contributed by atoms with van der Waals surface area (Å²) in [7, 11) is 0. The first kappa shape index (κ1) is 23.4. The quantitative estimate of drug-likeness (QED) is 0.553. The average Bonchev–Trinajstić information content (AvgIpc) is 2.88. The second-order valence-electron chi connectivity index (χ2n) is 7.76. The van der Waals surface area contributed by atoms with Crippen molar-refractivity contribution in [3.63, 3.8) is 0 Å². The predicted molar refractivity (Wildman–Crippen MR) is 118 cm³/mol. The number of amides is 1. The summed E-state index contributed by atoms with van der Waals surface area (Å²) in [5.41, 5.74) is 0.409. The van der Waals surface area contributed by atoms with Gasteiger partial charge in [0.2, 0.25) is 5.91 Å². The van der Waals surface area contributed by atoms with Gasteiger partial charge >= 0.3 is 11.9 Å². The molecule has 2 N–H and O–H groups in total. The van der Waals surface area contributed by atoms with Crippen LogP contribution in [0.15, 0.2) is 24.3 Å². The van der Waals surface area contributed by atoms with E-state index in [2.05, 4.69) is 5.32 Å². The van der Waals surface area contributed by atoms with Gasteiger partial charge < -0.3 is 14.6 Å². The lowest BCUT2D eigenvalue weighted by atomic mass is 9.94. The van der Waals surface area contributed by atoms with Crippen molar-refractivity contribution in [1.82, 2.24) is 5.32 Å². The fraction of sp³-hybridized carbons (Fsp3) is 0.591. The van der Waals surface area contributed by atoms with Crippen molar-refractivity contribution in [2.75, 3.05) is 29.6 Å². The number of carboxylic acids is 1. The number of fused-ring (bicyclic) bond motifs is 1. The van der Waals surface area contributed by atoms with E-state index in [1.165, 1.54) is 4.90 Å². The van der Waals surface area contributed by atoms with Crippen LogP contribution >= 0.6 is 11.8 Å². The number of carbonyl (C=O) groups is 3. The minimum atomic E-state index is -1.11. The van der Waals surface area contributed by atoms with Crippen LogP contribution in [0.5, 0.6) is 5.75 Å². The van der Waals surface area contributed by atoms with Crippen LogP contribution in [0.4, 0.5) is 5.69 Å². The molecule has 2 aliphatic heterocycles. The molecule has 170 valence electrons. The molecule has 0 spiro atoms. The molecule has 2 aliphatic rings. The van der Waals surface area contributed by atoms with Crippen LogP contribution in [0.2, 0.25) is 0 Å². The molecule has 1 aromatic carbocycles. The normalized spacial score (nSPS) is 20.4. The van der Waals surface area contributed by atoms with Crippen LogP contribution in [0.25, 0.3) is 0 Å². The molecule has 1 saturated heterocycles. The second kappa shape index (κ2) is 11.4. The molecule has 0 aromatic heterocycles. The van der Waals surface area contributed by atoms with Crippen molar-refractivity contribution >= 4 is 35.3 Å². The van der Waals surface area contributed by atoms with Gasteiger partial charge in [0.1, 0.15) is 18.3 Å². The fourth-order valence-electron chi connectivity index (χ4n) is 3.95. The lowest BCUT2D eigenvalue weighted by Gasteiger charge is -2.26. The van der Waals surface area contributed by atoms with E-state index in [1.807, 2.05) is 11.8 Å². The number of nitrogens with zero attached hydrogens (tertiary/aromatic N) is 1. The van der Waals surface area contributed by atoms with E-state index in [4.69, 9.17) is 9.47 Å². The Bertz CT molecular complexity index is 783. The maximum absolute atomic E-state index is 12.8. The van der Waals surface area contributed by atoms with Gasteiger partial charge in [-0.15, -0.1) is 0 Å². The number of esters is 1. The van der Waals surface area contributed by atoms with Crippen molar-refractivity contribution in [3.8, 4) is 5.75 Å². The fourth-order valence-corrected chi connectivity index (χ4v) is 5.16. The van der Waals surface area contributed by atoms with Crippen LogP contribution in [-0.4, -0.2) is 59.9 Å². The molecule has 1 amide bonds. The first-order valence-corrected chi connectivity index (χ1v) is 11.9. The molecule has 9 heteroatoms. The summed E-state index contributed by atoms with van der Waals surface area (Å²) in [6.07, 6.45) is 2.95. The van der Waals surface area contributed by atoms with Gasteiger partial charge in [-0.05, 0) is 62.2 Å². The molecule has 1 aromatic rings. The molecule has 8 nitrogen and oxygen atoms in total. The summed E-state index contributed by atoms with van der Waals surface area (Å²) >= 11 is 1.96. The summed E-state index contributed by atoms with van der Waals surface area (Å²) in [4.78, 5) is 37.9. The van der Waals surface area contributed by atoms with Gasteiger partial charge in [0.25, 0.3) is 0 Å². The Morgan fingerprint density at radius 3 is 2.77 bits per heavy atom. The number of carboxylic acid groups (broad SMARTS) is 1. The summed E-state index contributed by atoms with van der Waals surface area (Å²) in [6, 6.07) is 6.24. The molecule has 0 unspecified atom stereocenters. The second-order valence-corrected chi connectivity index (χ2v) is 8.98. The molecule has 0 aliphatic carbocycles. The molecule has 0 saturated carbocycles. The molecule has 0 radical (unpaired) electrons. The van der Waals surface area contributed by atoms with Crippen molar-refractivity contribution in [1.29, 1.82) is 0 Å². The van der Waals surface area contributed by atoms with E-state index >= 15 is 0 Å². The number of ether oxygens (including phenoxy) is 2. The van der Waals surface area contributed by atoms with Crippen molar-refractivity contribution in [3.05, 3.63) is 24.3 Å². The Morgan fingerprint density at radius 1 is 1.32 bits per heavy atom. The van der Waals surface area contributed by atoms with E-state index in [0.29, 0.717) is 23.8 Å². The Hall–Kier alpha value is -2.26. The van der Waals surface area contributed by atoms with E-state index in [9.17, 15) is 19.5 Å². The summed E-state index contributed by atoms with van der Waals surface area (Å²) in [5.74, 6) is 1.45. The van der Waals surface area contributed by atoms with Crippen LogP contribution in [-0.2, 0) is 19.1 Å². The zero-order valence-electron chi connectivity index (χ0n) is 17.7. The Balaban J connectivity index is 1.73. The summed E-state index contributed by atoms with van der Waals surface area (Å²) < 4.78 is 11.3. The third-order valence-electron chi connectivity index (χ3n) is 5.54. The number of hydrogen-bond donors (Lipinski definition) is 2. The summed E-state index contributed by atoms with van der Waals surface area (Å²) in [6.45, 7) is 1.59. The SMILES string of the molecule is CCOC(=O)[C@H](CCC1CCSCC1)N[C@@H]1CC(=O)N(CC(=O)O)c2ccccc2O1. The lowest BCUT2D eigenvalue weighted by Crippen LogP contribution is -2.48. The first-order valence-electron chi connectivity index (χ1n) is 10.8. The minimum Gasteiger partial charge on any atom is -0.480 e. The molecule has 2 atom stereocenters. The smallest absolute Gasteiger partial charge is 0.323 e. The predicted octanol–water partition coefficient (Wildman–Crippen LogP) is 2.66. The van der Waals surface area contributed by atoms with Crippen LogP contribution in [0, 0.1) is 5.92 Å². The zero-order chi connectivity index (χ0) is 22.2. The summed E-state index contributed by atoms with van der Waals surface area (Å²) in [5, 5.41) is 12.4. The van der Waals surface area contributed by atoms with Gasteiger partial charge in [0.15, 0.2) is 6.23 Å². The molecular formula is C22H30N2O6S. The highest BCUT2D eigenvalue weighted by Crippen LogP contribution is 2.33. The van der Waals surface area contributed by atoms with Gasteiger partial charge in [0.05, 0.1) is 18.7 Å². The number of para-hydroxylation sites is 2. The monoisotopic (exact) mass is 450 g/mol. The number of rotatable bonds is 9. The molecule has 2 heterocycles. The van der Waals surface area contributed by atoms with Gasteiger partial charge in [-0.25, -0.2) is 0 Å². The Morgan fingerprint density at radius 2 is 2.06 bits per heavy atom. The van der Waals surface area contributed by atoms with E-state index in [0.717, 1.165) is 30.8 Å². The van der Waals surface area contributed by atoms with E-state index < -0.39 is 24.8 Å². The highest BCUT2D eigenvalue weighted by atomic mass is 32.2. The standard InChI is InChI=1S/C22H30N2O6S/c1-2-29-22(28)16(8-7-15-9-11-31-12-10-15)23-19-13-20(25)24(14-21(26)27)17-5-3-4-6-18(17)30-19/h3-6,15-16,19,23H,2,7-14H2,1H3,(H,26,27)/t16-,19-/m0/s1. The number of anilines is 1.